The Kier molecular flexibility index (Phi) is 3.36. The maximum Gasteiger partial charge on any atom is 0.0705 e. The molecule has 0 aromatic rings. The average molecular weight is 211 g/mol. The van der Waals surface area contributed by atoms with Crippen LogP contribution < -0.4 is 5.73 Å². The molecule has 2 heteroatoms. The van der Waals surface area contributed by atoms with Crippen molar-refractivity contribution in [2.24, 2.45) is 17.6 Å². The molecule has 1 saturated carbocycles. The van der Waals surface area contributed by atoms with Crippen molar-refractivity contribution in [3.63, 3.8) is 0 Å². The van der Waals surface area contributed by atoms with Gasteiger partial charge >= 0.3 is 0 Å². The molecule has 2 nitrogen and oxygen atoms in total. The number of hydrogen-bond acceptors (Lipinski definition) is 2. The molecule has 1 aliphatic carbocycles. The quantitative estimate of drug-likeness (QED) is 0.762. The van der Waals surface area contributed by atoms with E-state index in [2.05, 4.69) is 13.8 Å². The molecule has 88 valence electrons. The Hall–Kier alpha value is -0.0800. The highest BCUT2D eigenvalue weighted by atomic mass is 16.5. The first-order valence-corrected chi connectivity index (χ1v) is 6.53. The molecule has 15 heavy (non-hydrogen) atoms. The molecule has 1 saturated heterocycles. The van der Waals surface area contributed by atoms with Gasteiger partial charge in [-0.25, -0.2) is 0 Å². The van der Waals surface area contributed by atoms with Gasteiger partial charge in [0.15, 0.2) is 0 Å². The molecule has 0 radical (unpaired) electrons. The van der Waals surface area contributed by atoms with Gasteiger partial charge in [-0.2, -0.15) is 0 Å². The third kappa shape index (κ3) is 2.36. The van der Waals surface area contributed by atoms with Gasteiger partial charge in [0.2, 0.25) is 0 Å². The van der Waals surface area contributed by atoms with Gasteiger partial charge < -0.3 is 10.5 Å². The fourth-order valence-electron chi connectivity index (χ4n) is 3.33. The Morgan fingerprint density at radius 2 is 2.13 bits per heavy atom. The molecule has 0 aromatic carbocycles. The van der Waals surface area contributed by atoms with Gasteiger partial charge in [0.25, 0.3) is 0 Å². The van der Waals surface area contributed by atoms with Crippen molar-refractivity contribution in [2.75, 3.05) is 6.54 Å². The second-order valence-electron chi connectivity index (χ2n) is 5.80. The Bertz CT molecular complexity index is 217. The minimum Gasteiger partial charge on any atom is -0.370 e. The molecule has 0 bridgehead atoms. The summed E-state index contributed by atoms with van der Waals surface area (Å²) >= 11 is 0. The van der Waals surface area contributed by atoms with Gasteiger partial charge in [-0.05, 0) is 43.9 Å². The Morgan fingerprint density at radius 3 is 2.73 bits per heavy atom. The summed E-state index contributed by atoms with van der Waals surface area (Å²) < 4.78 is 6.19. The van der Waals surface area contributed by atoms with E-state index >= 15 is 0 Å². The molecule has 0 aromatic heterocycles. The van der Waals surface area contributed by atoms with Crippen molar-refractivity contribution in [3.05, 3.63) is 0 Å². The Morgan fingerprint density at radius 1 is 1.33 bits per heavy atom. The van der Waals surface area contributed by atoms with Crippen LogP contribution >= 0.6 is 0 Å². The maximum atomic E-state index is 6.19. The van der Waals surface area contributed by atoms with Crippen molar-refractivity contribution in [1.82, 2.24) is 0 Å². The van der Waals surface area contributed by atoms with Crippen molar-refractivity contribution in [2.45, 2.75) is 64.1 Å². The highest BCUT2D eigenvalue weighted by molar-refractivity contribution is 4.94. The summed E-state index contributed by atoms with van der Waals surface area (Å²) in [5.74, 6) is 1.68. The summed E-state index contributed by atoms with van der Waals surface area (Å²) in [5.41, 5.74) is 5.91. The van der Waals surface area contributed by atoms with E-state index in [0.29, 0.717) is 12.6 Å². The second kappa shape index (κ2) is 4.42. The fraction of sp³-hybridized carbons (Fsp3) is 1.00. The summed E-state index contributed by atoms with van der Waals surface area (Å²) in [6.45, 7) is 5.40. The van der Waals surface area contributed by atoms with Gasteiger partial charge in [-0.3, -0.25) is 0 Å². The zero-order valence-electron chi connectivity index (χ0n) is 10.2. The van der Waals surface area contributed by atoms with Crippen molar-refractivity contribution in [3.8, 4) is 0 Å². The molecule has 1 aliphatic heterocycles. The molecule has 3 atom stereocenters. The highest BCUT2D eigenvalue weighted by Crippen LogP contribution is 2.45. The van der Waals surface area contributed by atoms with Crippen LogP contribution in [0.4, 0.5) is 0 Å². The van der Waals surface area contributed by atoms with E-state index in [-0.39, 0.29) is 5.60 Å². The topological polar surface area (TPSA) is 35.2 Å². The first-order chi connectivity index (χ1) is 7.15. The summed E-state index contributed by atoms with van der Waals surface area (Å²) in [4.78, 5) is 0. The summed E-state index contributed by atoms with van der Waals surface area (Å²) in [6.07, 6.45) is 8.07. The third-order valence-corrected chi connectivity index (χ3v) is 4.39. The monoisotopic (exact) mass is 211 g/mol. The van der Waals surface area contributed by atoms with Crippen LogP contribution in [0.1, 0.15) is 52.4 Å². The second-order valence-corrected chi connectivity index (χ2v) is 5.80. The molecule has 2 N–H and O–H groups in total. The van der Waals surface area contributed by atoms with Gasteiger partial charge in [0, 0.05) is 6.54 Å². The lowest BCUT2D eigenvalue weighted by atomic mass is 9.72. The molecule has 2 aliphatic rings. The van der Waals surface area contributed by atoms with E-state index in [1.54, 1.807) is 0 Å². The SMILES string of the molecule is CC(C)[C@@H]1CCC[C@@]2(CC[C@H](CN)O2)C1. The van der Waals surface area contributed by atoms with Crippen LogP contribution in [0.3, 0.4) is 0 Å². The van der Waals surface area contributed by atoms with Crippen LogP contribution in [0.15, 0.2) is 0 Å². The Labute approximate surface area is 93.6 Å². The molecule has 0 amide bonds. The zero-order valence-corrected chi connectivity index (χ0v) is 10.2. The first kappa shape index (κ1) is 11.4. The summed E-state index contributed by atoms with van der Waals surface area (Å²) in [7, 11) is 0. The van der Waals surface area contributed by atoms with Crippen molar-refractivity contribution >= 4 is 0 Å². The molecule has 2 rings (SSSR count). The van der Waals surface area contributed by atoms with Crippen LogP contribution in [0.25, 0.3) is 0 Å². The highest BCUT2D eigenvalue weighted by Gasteiger charge is 2.43. The van der Waals surface area contributed by atoms with Gasteiger partial charge in [0.1, 0.15) is 0 Å². The first-order valence-electron chi connectivity index (χ1n) is 6.53. The smallest absolute Gasteiger partial charge is 0.0705 e. The van der Waals surface area contributed by atoms with Crippen LogP contribution in [0.5, 0.6) is 0 Å². The molecular formula is C13H25NO. The number of ether oxygens (including phenoxy) is 1. The van der Waals surface area contributed by atoms with Gasteiger partial charge in [-0.15, -0.1) is 0 Å². The summed E-state index contributed by atoms with van der Waals surface area (Å²) in [6, 6.07) is 0. The molecular weight excluding hydrogens is 186 g/mol. The number of hydrogen-bond donors (Lipinski definition) is 1. The van der Waals surface area contributed by atoms with E-state index in [1.165, 1.54) is 38.5 Å². The summed E-state index contributed by atoms with van der Waals surface area (Å²) in [5, 5.41) is 0. The van der Waals surface area contributed by atoms with Crippen molar-refractivity contribution in [1.29, 1.82) is 0 Å². The molecule has 1 spiro atoms. The molecule has 0 unspecified atom stereocenters. The number of rotatable bonds is 2. The van der Waals surface area contributed by atoms with Gasteiger partial charge in [0.05, 0.1) is 11.7 Å². The normalized spacial score (nSPS) is 41.6. The lowest BCUT2D eigenvalue weighted by molar-refractivity contribution is -0.0775. The van der Waals surface area contributed by atoms with Crippen LogP contribution in [-0.4, -0.2) is 18.2 Å². The minimum atomic E-state index is 0.219. The average Bonchev–Trinajstić information content (AvgIpc) is 2.61. The van der Waals surface area contributed by atoms with E-state index in [4.69, 9.17) is 10.5 Å². The largest absolute Gasteiger partial charge is 0.370 e. The Balaban J connectivity index is 1.97. The lowest BCUT2D eigenvalue weighted by Crippen LogP contribution is -2.38. The third-order valence-electron chi connectivity index (χ3n) is 4.39. The van der Waals surface area contributed by atoms with Crippen LogP contribution in [0.2, 0.25) is 0 Å². The van der Waals surface area contributed by atoms with Crippen molar-refractivity contribution < 1.29 is 4.74 Å². The zero-order chi connectivity index (χ0) is 10.9. The molecule has 1 heterocycles. The lowest BCUT2D eigenvalue weighted by Gasteiger charge is -2.39. The predicted octanol–water partition coefficient (Wildman–Crippen LogP) is 2.71. The van der Waals surface area contributed by atoms with E-state index in [0.717, 1.165) is 11.8 Å². The van der Waals surface area contributed by atoms with Crippen LogP contribution in [-0.2, 0) is 4.74 Å². The predicted molar refractivity (Wildman–Crippen MR) is 62.7 cm³/mol. The minimum absolute atomic E-state index is 0.219. The fourth-order valence-corrected chi connectivity index (χ4v) is 3.33. The molecule has 2 fully saturated rings. The van der Waals surface area contributed by atoms with Crippen LogP contribution in [0, 0.1) is 11.8 Å². The van der Waals surface area contributed by atoms with E-state index < -0.39 is 0 Å². The van der Waals surface area contributed by atoms with E-state index in [9.17, 15) is 0 Å². The van der Waals surface area contributed by atoms with Gasteiger partial charge in [-0.1, -0.05) is 20.3 Å². The van der Waals surface area contributed by atoms with E-state index in [1.807, 2.05) is 0 Å². The standard InChI is InChI=1S/C13H25NO/c1-10(2)11-4-3-6-13(8-11)7-5-12(9-14)15-13/h10-12H,3-9,14H2,1-2H3/t11-,12-,13-/m1/s1. The maximum absolute atomic E-state index is 6.19. The number of nitrogens with two attached hydrogens (primary N) is 1.